The predicted molar refractivity (Wildman–Crippen MR) is 102 cm³/mol. The minimum Gasteiger partial charge on any atom is -0.379 e. The maximum atomic E-state index is 12.8. The standard InChI is InChI=1S/C19H23N7O2/c1-13-11-14(2)26-17(23-24-19(26)22-13)18(27)21-12-16(15-5-3-4-6-20-15)25-7-9-28-10-8-25/h3-6,11,16H,7-10,12H2,1-2H3,(H,21,27). The number of nitrogens with zero attached hydrogens (tertiary/aromatic N) is 6. The summed E-state index contributed by atoms with van der Waals surface area (Å²) in [6, 6.07) is 7.70. The number of carbonyl (C=O) groups is 1. The van der Waals surface area contributed by atoms with Crippen molar-refractivity contribution in [2.75, 3.05) is 32.8 Å². The molecule has 1 fully saturated rings. The van der Waals surface area contributed by atoms with E-state index in [1.807, 2.05) is 38.1 Å². The van der Waals surface area contributed by atoms with Crippen molar-refractivity contribution in [2.45, 2.75) is 19.9 Å². The van der Waals surface area contributed by atoms with Gasteiger partial charge in [-0.15, -0.1) is 10.2 Å². The van der Waals surface area contributed by atoms with Crippen LogP contribution in [0.15, 0.2) is 30.5 Å². The molecule has 3 aromatic heterocycles. The van der Waals surface area contributed by atoms with Gasteiger partial charge in [0.1, 0.15) is 0 Å². The highest BCUT2D eigenvalue weighted by Crippen LogP contribution is 2.19. The number of hydrogen-bond donors (Lipinski definition) is 1. The van der Waals surface area contributed by atoms with Gasteiger partial charge >= 0.3 is 0 Å². The lowest BCUT2D eigenvalue weighted by atomic mass is 10.1. The summed E-state index contributed by atoms with van der Waals surface area (Å²) >= 11 is 0. The van der Waals surface area contributed by atoms with Crippen molar-refractivity contribution in [3.8, 4) is 0 Å². The molecule has 4 heterocycles. The minimum absolute atomic E-state index is 0.0327. The first-order valence-electron chi connectivity index (χ1n) is 9.34. The largest absolute Gasteiger partial charge is 0.379 e. The van der Waals surface area contributed by atoms with Gasteiger partial charge in [0, 0.05) is 37.2 Å². The number of hydrogen-bond acceptors (Lipinski definition) is 7. The number of pyridine rings is 1. The molecule has 0 bridgehead atoms. The molecule has 9 nitrogen and oxygen atoms in total. The van der Waals surface area contributed by atoms with Crippen molar-refractivity contribution in [1.29, 1.82) is 0 Å². The summed E-state index contributed by atoms with van der Waals surface area (Å²) in [5, 5.41) is 11.1. The molecule has 1 atom stereocenters. The fourth-order valence-electron chi connectivity index (χ4n) is 3.53. The van der Waals surface area contributed by atoms with Crippen LogP contribution in [0.2, 0.25) is 0 Å². The molecule has 28 heavy (non-hydrogen) atoms. The molecule has 1 aliphatic heterocycles. The number of rotatable bonds is 5. The van der Waals surface area contributed by atoms with Crippen molar-refractivity contribution in [3.63, 3.8) is 0 Å². The van der Waals surface area contributed by atoms with Crippen molar-refractivity contribution in [1.82, 2.24) is 34.8 Å². The first kappa shape index (κ1) is 18.5. The van der Waals surface area contributed by atoms with Crippen molar-refractivity contribution >= 4 is 11.7 Å². The molecule has 0 radical (unpaired) electrons. The van der Waals surface area contributed by atoms with Crippen LogP contribution in [0.3, 0.4) is 0 Å². The second-order valence-electron chi connectivity index (χ2n) is 6.83. The Hall–Kier alpha value is -2.91. The average Bonchev–Trinajstić information content (AvgIpc) is 3.14. The molecule has 9 heteroatoms. The molecule has 0 spiro atoms. The Bertz CT molecular complexity index is 967. The topological polar surface area (TPSA) is 97.5 Å². The fourth-order valence-corrected chi connectivity index (χ4v) is 3.53. The predicted octanol–water partition coefficient (Wildman–Crippen LogP) is 0.939. The maximum absolute atomic E-state index is 12.8. The quantitative estimate of drug-likeness (QED) is 0.702. The Kier molecular flexibility index (Phi) is 5.27. The van der Waals surface area contributed by atoms with Crippen LogP contribution in [-0.2, 0) is 4.74 Å². The van der Waals surface area contributed by atoms with Gasteiger partial charge in [-0.2, -0.15) is 0 Å². The molecular formula is C19H23N7O2. The number of carbonyl (C=O) groups excluding carboxylic acids is 1. The fraction of sp³-hybridized carbons (Fsp3) is 0.421. The lowest BCUT2D eigenvalue weighted by molar-refractivity contribution is 0.0153. The van der Waals surface area contributed by atoms with Gasteiger partial charge in [0.05, 0.1) is 24.9 Å². The third-order valence-corrected chi connectivity index (χ3v) is 4.87. The highest BCUT2D eigenvalue weighted by Gasteiger charge is 2.25. The summed E-state index contributed by atoms with van der Waals surface area (Å²) in [6.45, 7) is 7.17. The van der Waals surface area contributed by atoms with Crippen LogP contribution >= 0.6 is 0 Å². The summed E-state index contributed by atoms with van der Waals surface area (Å²) in [6.07, 6.45) is 1.77. The molecule has 4 rings (SSSR count). The van der Waals surface area contributed by atoms with Crippen molar-refractivity contribution < 1.29 is 9.53 Å². The molecule has 1 saturated heterocycles. The third kappa shape index (κ3) is 3.71. The van der Waals surface area contributed by atoms with Crippen LogP contribution in [0, 0.1) is 13.8 Å². The Morgan fingerprint density at radius 3 is 2.82 bits per heavy atom. The number of morpholine rings is 1. The summed E-state index contributed by atoms with van der Waals surface area (Å²) in [5.74, 6) is 0.384. The van der Waals surface area contributed by atoms with Crippen molar-refractivity contribution in [2.24, 2.45) is 0 Å². The Morgan fingerprint density at radius 2 is 2.07 bits per heavy atom. The molecule has 146 valence electrons. The van der Waals surface area contributed by atoms with Gasteiger partial charge in [0.15, 0.2) is 0 Å². The summed E-state index contributed by atoms with van der Waals surface area (Å²) < 4.78 is 7.14. The van der Waals surface area contributed by atoms with Crippen LogP contribution in [0.1, 0.15) is 33.7 Å². The van der Waals surface area contributed by atoms with Gasteiger partial charge in [-0.3, -0.25) is 19.1 Å². The van der Waals surface area contributed by atoms with Gasteiger partial charge in [0.2, 0.25) is 5.82 Å². The molecular weight excluding hydrogens is 358 g/mol. The highest BCUT2D eigenvalue weighted by molar-refractivity contribution is 5.91. The van der Waals surface area contributed by atoms with Crippen LogP contribution in [0.25, 0.3) is 5.78 Å². The lowest BCUT2D eigenvalue weighted by Gasteiger charge is -2.34. The van der Waals surface area contributed by atoms with Crippen molar-refractivity contribution in [3.05, 3.63) is 53.4 Å². The third-order valence-electron chi connectivity index (χ3n) is 4.87. The van der Waals surface area contributed by atoms with Crippen LogP contribution < -0.4 is 5.32 Å². The summed E-state index contributed by atoms with van der Waals surface area (Å²) in [4.78, 5) is 24.0. The van der Waals surface area contributed by atoms with E-state index in [0.717, 1.165) is 30.2 Å². The molecule has 1 aliphatic rings. The van der Waals surface area contributed by atoms with Gasteiger partial charge in [-0.1, -0.05) is 6.07 Å². The number of ether oxygens (including phenoxy) is 1. The molecule has 0 aromatic carbocycles. The van der Waals surface area contributed by atoms with E-state index < -0.39 is 0 Å². The van der Waals surface area contributed by atoms with Crippen LogP contribution in [-0.4, -0.2) is 68.2 Å². The monoisotopic (exact) mass is 381 g/mol. The van der Waals surface area contributed by atoms with E-state index in [2.05, 4.69) is 30.4 Å². The summed E-state index contributed by atoms with van der Waals surface area (Å²) in [7, 11) is 0. The molecule has 0 saturated carbocycles. The normalized spacial score (nSPS) is 16.2. The zero-order valence-corrected chi connectivity index (χ0v) is 16.0. The molecule has 1 amide bonds. The van der Waals surface area contributed by atoms with Gasteiger partial charge in [-0.05, 0) is 32.0 Å². The number of fused-ring (bicyclic) bond motifs is 1. The Balaban J connectivity index is 1.55. The van der Waals surface area contributed by atoms with E-state index in [1.54, 1.807) is 10.6 Å². The van der Waals surface area contributed by atoms with E-state index in [1.165, 1.54) is 0 Å². The molecule has 0 aliphatic carbocycles. The number of aromatic nitrogens is 5. The van der Waals surface area contributed by atoms with Crippen LogP contribution in [0.5, 0.6) is 0 Å². The lowest BCUT2D eigenvalue weighted by Crippen LogP contribution is -2.44. The van der Waals surface area contributed by atoms with Crippen LogP contribution in [0.4, 0.5) is 0 Å². The summed E-state index contributed by atoms with van der Waals surface area (Å²) in [5.41, 5.74) is 2.63. The molecule has 1 N–H and O–H groups in total. The van der Waals surface area contributed by atoms with E-state index in [4.69, 9.17) is 4.74 Å². The minimum atomic E-state index is -0.282. The number of aryl methyl sites for hydroxylation is 2. The van der Waals surface area contributed by atoms with E-state index in [0.29, 0.717) is 25.5 Å². The van der Waals surface area contributed by atoms with E-state index in [9.17, 15) is 4.79 Å². The molecule has 1 unspecified atom stereocenters. The second-order valence-corrected chi connectivity index (χ2v) is 6.83. The van der Waals surface area contributed by atoms with Gasteiger partial charge in [0.25, 0.3) is 11.7 Å². The first-order valence-corrected chi connectivity index (χ1v) is 9.34. The second kappa shape index (κ2) is 7.99. The Labute approximate surface area is 162 Å². The number of amides is 1. The SMILES string of the molecule is Cc1cc(C)n2c(C(=O)NCC(c3ccccn3)N3CCOCC3)nnc2n1. The van der Waals surface area contributed by atoms with Gasteiger partial charge < -0.3 is 10.1 Å². The van der Waals surface area contributed by atoms with Gasteiger partial charge in [-0.25, -0.2) is 4.98 Å². The van der Waals surface area contributed by atoms with E-state index in [-0.39, 0.29) is 17.8 Å². The molecule has 3 aromatic rings. The Morgan fingerprint density at radius 1 is 1.25 bits per heavy atom. The zero-order valence-electron chi connectivity index (χ0n) is 16.0. The zero-order chi connectivity index (χ0) is 19.5. The van der Waals surface area contributed by atoms with E-state index >= 15 is 0 Å². The average molecular weight is 381 g/mol. The maximum Gasteiger partial charge on any atom is 0.289 e. The smallest absolute Gasteiger partial charge is 0.289 e. The first-order chi connectivity index (χ1) is 13.6. The number of nitrogens with one attached hydrogen (secondary N) is 1. The highest BCUT2D eigenvalue weighted by atomic mass is 16.5.